The van der Waals surface area contributed by atoms with Crippen molar-refractivity contribution in [3.05, 3.63) is 34.3 Å². The number of hydrogen-bond acceptors (Lipinski definition) is 3. The molecule has 0 aliphatic carbocycles. The lowest BCUT2D eigenvalue weighted by molar-refractivity contribution is -0.149. The summed E-state index contributed by atoms with van der Waals surface area (Å²) in [5.74, 6) is 0. The molecule has 1 aromatic rings. The van der Waals surface area contributed by atoms with Gasteiger partial charge in [0, 0.05) is 37.1 Å². The smallest absolute Gasteiger partial charge is 0.107 e. The van der Waals surface area contributed by atoms with E-state index in [4.69, 9.17) is 9.47 Å². The normalized spacial score (nSPS) is 32.0. The second-order valence-electron chi connectivity index (χ2n) is 5.68. The summed E-state index contributed by atoms with van der Waals surface area (Å²) in [5.41, 5.74) is 1.27. The first kappa shape index (κ1) is 13.6. The second kappa shape index (κ2) is 5.52. The Bertz CT molecular complexity index is 446. The highest BCUT2D eigenvalue weighted by Crippen LogP contribution is 2.31. The average molecular weight is 326 g/mol. The van der Waals surface area contributed by atoms with E-state index in [0.717, 1.165) is 39.3 Å². The predicted octanol–water partition coefficient (Wildman–Crippen LogP) is 2.83. The Labute approximate surface area is 123 Å². The van der Waals surface area contributed by atoms with Crippen molar-refractivity contribution in [3.8, 4) is 0 Å². The molecule has 19 heavy (non-hydrogen) atoms. The van der Waals surface area contributed by atoms with Crippen molar-refractivity contribution >= 4 is 15.9 Å². The fraction of sp³-hybridized carbons (Fsp3) is 0.600. The molecule has 104 valence electrons. The maximum Gasteiger partial charge on any atom is 0.107 e. The minimum Gasteiger partial charge on any atom is -0.378 e. The minimum atomic E-state index is -0.0705. The maximum atomic E-state index is 6.15. The van der Waals surface area contributed by atoms with Gasteiger partial charge in [0.05, 0.1) is 12.7 Å². The maximum absolute atomic E-state index is 6.15. The first-order valence-electron chi connectivity index (χ1n) is 6.88. The molecule has 0 aromatic heterocycles. The van der Waals surface area contributed by atoms with Gasteiger partial charge in [0.15, 0.2) is 0 Å². The molecule has 3 rings (SSSR count). The Balaban J connectivity index is 1.72. The van der Waals surface area contributed by atoms with Crippen LogP contribution in [0.2, 0.25) is 0 Å². The molecule has 2 fully saturated rings. The minimum absolute atomic E-state index is 0.0705. The van der Waals surface area contributed by atoms with Gasteiger partial charge >= 0.3 is 0 Å². The van der Waals surface area contributed by atoms with Crippen LogP contribution in [0.25, 0.3) is 0 Å². The number of morpholine rings is 1. The van der Waals surface area contributed by atoms with Gasteiger partial charge in [0.2, 0.25) is 0 Å². The fourth-order valence-corrected chi connectivity index (χ4v) is 3.54. The zero-order valence-corrected chi connectivity index (χ0v) is 12.9. The van der Waals surface area contributed by atoms with Gasteiger partial charge in [-0.05, 0) is 18.6 Å². The summed E-state index contributed by atoms with van der Waals surface area (Å²) in [7, 11) is 0. The van der Waals surface area contributed by atoms with Crippen molar-refractivity contribution in [1.29, 1.82) is 0 Å². The van der Waals surface area contributed by atoms with E-state index in [0.29, 0.717) is 0 Å². The van der Waals surface area contributed by atoms with Crippen molar-refractivity contribution in [1.82, 2.24) is 4.90 Å². The Morgan fingerprint density at radius 1 is 1.42 bits per heavy atom. The molecule has 0 saturated carbocycles. The molecule has 2 atom stereocenters. The van der Waals surface area contributed by atoms with Crippen LogP contribution >= 0.6 is 15.9 Å². The van der Waals surface area contributed by atoms with Crippen molar-refractivity contribution in [2.45, 2.75) is 31.6 Å². The third-order valence-corrected chi connectivity index (χ3v) is 4.67. The van der Waals surface area contributed by atoms with Crippen LogP contribution < -0.4 is 0 Å². The van der Waals surface area contributed by atoms with Gasteiger partial charge < -0.3 is 9.47 Å². The van der Waals surface area contributed by atoms with Crippen molar-refractivity contribution in [2.24, 2.45) is 0 Å². The van der Waals surface area contributed by atoms with Gasteiger partial charge in [0.1, 0.15) is 5.60 Å². The van der Waals surface area contributed by atoms with Gasteiger partial charge in [-0.1, -0.05) is 34.1 Å². The first-order chi connectivity index (χ1) is 9.17. The molecule has 2 aliphatic heterocycles. The SMILES string of the molecule is C[C@@H]1CN(Cc2ccccc2Br)C[C@@]2(CCOC2)O1. The van der Waals surface area contributed by atoms with E-state index in [1.165, 1.54) is 10.0 Å². The van der Waals surface area contributed by atoms with Crippen LogP contribution in [0.5, 0.6) is 0 Å². The summed E-state index contributed by atoms with van der Waals surface area (Å²) in [5, 5.41) is 0. The molecule has 3 nitrogen and oxygen atoms in total. The highest BCUT2D eigenvalue weighted by molar-refractivity contribution is 9.10. The van der Waals surface area contributed by atoms with Crippen LogP contribution in [-0.2, 0) is 16.0 Å². The number of halogens is 1. The quantitative estimate of drug-likeness (QED) is 0.834. The van der Waals surface area contributed by atoms with E-state index in [1.54, 1.807) is 0 Å². The number of benzene rings is 1. The van der Waals surface area contributed by atoms with E-state index in [1.807, 2.05) is 0 Å². The molecule has 4 heteroatoms. The molecule has 0 bridgehead atoms. The Morgan fingerprint density at radius 3 is 3.00 bits per heavy atom. The molecule has 2 aliphatic rings. The summed E-state index contributed by atoms with van der Waals surface area (Å²) < 4.78 is 12.9. The van der Waals surface area contributed by atoms with Crippen LogP contribution in [-0.4, -0.2) is 42.9 Å². The van der Waals surface area contributed by atoms with Crippen molar-refractivity contribution < 1.29 is 9.47 Å². The average Bonchev–Trinajstić information content (AvgIpc) is 2.79. The van der Waals surface area contributed by atoms with E-state index >= 15 is 0 Å². The molecule has 0 unspecified atom stereocenters. The topological polar surface area (TPSA) is 21.7 Å². The van der Waals surface area contributed by atoms with Crippen molar-refractivity contribution in [2.75, 3.05) is 26.3 Å². The van der Waals surface area contributed by atoms with Crippen LogP contribution in [0, 0.1) is 0 Å². The second-order valence-corrected chi connectivity index (χ2v) is 6.53. The summed E-state index contributed by atoms with van der Waals surface area (Å²) in [6.07, 6.45) is 1.29. The van der Waals surface area contributed by atoms with Crippen LogP contribution in [0.4, 0.5) is 0 Å². The van der Waals surface area contributed by atoms with Crippen LogP contribution in [0.1, 0.15) is 18.9 Å². The fourth-order valence-electron chi connectivity index (χ4n) is 3.13. The molecule has 0 N–H and O–H groups in total. The summed E-state index contributed by atoms with van der Waals surface area (Å²) in [6, 6.07) is 8.44. The van der Waals surface area contributed by atoms with E-state index < -0.39 is 0 Å². The molecule has 0 radical (unpaired) electrons. The lowest BCUT2D eigenvalue weighted by Crippen LogP contribution is -2.55. The highest BCUT2D eigenvalue weighted by Gasteiger charge is 2.42. The zero-order valence-electron chi connectivity index (χ0n) is 11.3. The molecule has 1 spiro atoms. The molecule has 0 amide bonds. The Hall–Kier alpha value is -0.420. The summed E-state index contributed by atoms with van der Waals surface area (Å²) in [6.45, 7) is 6.66. The van der Waals surface area contributed by atoms with Crippen LogP contribution in [0.15, 0.2) is 28.7 Å². The monoisotopic (exact) mass is 325 g/mol. The molecular weight excluding hydrogens is 306 g/mol. The molecule has 2 saturated heterocycles. The standard InChI is InChI=1S/C15H20BrNO2/c1-12-8-17(9-13-4-2-3-5-14(13)16)10-15(19-12)6-7-18-11-15/h2-5,12H,6-11H2,1H3/t12-,15-/m1/s1. The van der Waals surface area contributed by atoms with Gasteiger partial charge in [-0.3, -0.25) is 4.90 Å². The van der Waals surface area contributed by atoms with E-state index in [2.05, 4.69) is 52.0 Å². The lowest BCUT2D eigenvalue weighted by Gasteiger charge is -2.43. The number of rotatable bonds is 2. The van der Waals surface area contributed by atoms with Gasteiger partial charge in [-0.25, -0.2) is 0 Å². The Kier molecular flexibility index (Phi) is 3.94. The predicted molar refractivity (Wildman–Crippen MR) is 78.1 cm³/mol. The molecule has 2 heterocycles. The number of ether oxygens (including phenoxy) is 2. The highest BCUT2D eigenvalue weighted by atomic mass is 79.9. The largest absolute Gasteiger partial charge is 0.378 e. The molecular formula is C15H20BrNO2. The van der Waals surface area contributed by atoms with Gasteiger partial charge in [0.25, 0.3) is 0 Å². The Morgan fingerprint density at radius 2 is 2.26 bits per heavy atom. The summed E-state index contributed by atoms with van der Waals surface area (Å²) in [4.78, 5) is 2.49. The van der Waals surface area contributed by atoms with Gasteiger partial charge in [-0.15, -0.1) is 0 Å². The summed E-state index contributed by atoms with van der Waals surface area (Å²) >= 11 is 3.63. The third kappa shape index (κ3) is 3.02. The van der Waals surface area contributed by atoms with Crippen LogP contribution in [0.3, 0.4) is 0 Å². The first-order valence-corrected chi connectivity index (χ1v) is 7.68. The number of nitrogens with zero attached hydrogens (tertiary/aromatic N) is 1. The van der Waals surface area contributed by atoms with E-state index in [-0.39, 0.29) is 11.7 Å². The zero-order chi connectivity index (χ0) is 13.3. The number of hydrogen-bond donors (Lipinski definition) is 0. The van der Waals surface area contributed by atoms with Crippen molar-refractivity contribution in [3.63, 3.8) is 0 Å². The van der Waals surface area contributed by atoms with E-state index in [9.17, 15) is 0 Å². The van der Waals surface area contributed by atoms with Gasteiger partial charge in [-0.2, -0.15) is 0 Å². The third-order valence-electron chi connectivity index (χ3n) is 3.90. The molecule has 1 aromatic carbocycles. The lowest BCUT2D eigenvalue weighted by atomic mass is 9.99.